The van der Waals surface area contributed by atoms with Crippen LogP contribution in [-0.4, -0.2) is 56.6 Å². The van der Waals surface area contributed by atoms with Crippen molar-refractivity contribution in [2.75, 3.05) is 33.8 Å². The minimum absolute atomic E-state index is 0.0839. The third-order valence-corrected chi connectivity index (χ3v) is 3.30. The first-order chi connectivity index (χ1) is 10.6. The standard InChI is InChI=1S/C16H24N4O2/c1-20(2)10-6-9-17-16-18-14(15(21)19-16)12-22-11-13-7-4-3-5-8-13/h3-5,7-8,14H,6,9-12H2,1-2H3,(H2,17,18,19,21). The van der Waals surface area contributed by atoms with Gasteiger partial charge in [-0.2, -0.15) is 0 Å². The van der Waals surface area contributed by atoms with Crippen molar-refractivity contribution in [1.82, 2.24) is 15.5 Å². The largest absolute Gasteiger partial charge is 0.374 e. The van der Waals surface area contributed by atoms with Crippen LogP contribution in [0, 0.1) is 0 Å². The van der Waals surface area contributed by atoms with Crippen LogP contribution >= 0.6 is 0 Å². The van der Waals surface area contributed by atoms with Gasteiger partial charge in [0.15, 0.2) is 5.96 Å². The molecule has 1 heterocycles. The first kappa shape index (κ1) is 16.5. The maximum absolute atomic E-state index is 11.8. The third-order valence-electron chi connectivity index (χ3n) is 3.30. The lowest BCUT2D eigenvalue weighted by Gasteiger charge is -2.09. The molecule has 2 rings (SSSR count). The fourth-order valence-corrected chi connectivity index (χ4v) is 2.12. The van der Waals surface area contributed by atoms with Gasteiger partial charge in [0.1, 0.15) is 6.04 Å². The first-order valence-electron chi connectivity index (χ1n) is 7.53. The summed E-state index contributed by atoms with van der Waals surface area (Å²) in [6, 6.07) is 9.54. The van der Waals surface area contributed by atoms with Gasteiger partial charge in [-0.25, -0.2) is 0 Å². The Bertz CT molecular complexity index is 502. The van der Waals surface area contributed by atoms with E-state index in [1.165, 1.54) is 0 Å². The minimum atomic E-state index is -0.365. The smallest absolute Gasteiger partial charge is 0.251 e. The molecule has 1 aromatic carbocycles. The van der Waals surface area contributed by atoms with Crippen LogP contribution in [0.25, 0.3) is 0 Å². The van der Waals surface area contributed by atoms with Crippen molar-refractivity contribution in [1.29, 1.82) is 0 Å². The number of carbonyl (C=O) groups excluding carboxylic acids is 1. The van der Waals surface area contributed by atoms with E-state index >= 15 is 0 Å². The lowest BCUT2D eigenvalue weighted by Crippen LogP contribution is -2.34. The number of guanidine groups is 1. The number of rotatable bonds is 8. The van der Waals surface area contributed by atoms with Crippen molar-refractivity contribution in [3.05, 3.63) is 35.9 Å². The second-order valence-corrected chi connectivity index (χ2v) is 5.57. The van der Waals surface area contributed by atoms with Crippen LogP contribution in [0.4, 0.5) is 0 Å². The molecule has 1 unspecified atom stereocenters. The Labute approximate surface area is 131 Å². The minimum Gasteiger partial charge on any atom is -0.374 e. The van der Waals surface area contributed by atoms with Crippen LogP contribution in [0.1, 0.15) is 12.0 Å². The van der Waals surface area contributed by atoms with Gasteiger partial charge < -0.3 is 15.0 Å². The molecule has 0 aromatic heterocycles. The first-order valence-corrected chi connectivity index (χ1v) is 7.53. The van der Waals surface area contributed by atoms with E-state index in [-0.39, 0.29) is 11.9 Å². The van der Waals surface area contributed by atoms with E-state index < -0.39 is 0 Å². The molecule has 0 saturated carbocycles. The van der Waals surface area contributed by atoms with Gasteiger partial charge >= 0.3 is 0 Å². The third kappa shape index (κ3) is 5.46. The van der Waals surface area contributed by atoms with E-state index in [9.17, 15) is 4.79 Å². The summed E-state index contributed by atoms with van der Waals surface area (Å²) in [5, 5.41) is 5.81. The van der Waals surface area contributed by atoms with Gasteiger partial charge in [0.2, 0.25) is 0 Å². The number of ether oxygens (including phenoxy) is 1. The van der Waals surface area contributed by atoms with E-state index in [1.807, 2.05) is 44.4 Å². The van der Waals surface area contributed by atoms with Crippen LogP contribution in [0.15, 0.2) is 35.3 Å². The van der Waals surface area contributed by atoms with E-state index in [2.05, 4.69) is 20.5 Å². The maximum Gasteiger partial charge on any atom is 0.251 e. The Morgan fingerprint density at radius 1 is 1.27 bits per heavy atom. The maximum atomic E-state index is 11.8. The van der Waals surface area contributed by atoms with Gasteiger partial charge in [0.25, 0.3) is 5.91 Å². The number of hydrogen-bond donors (Lipinski definition) is 2. The van der Waals surface area contributed by atoms with Crippen LogP contribution in [0.3, 0.4) is 0 Å². The molecular weight excluding hydrogens is 280 g/mol. The fraction of sp³-hybridized carbons (Fsp3) is 0.500. The molecule has 1 atom stereocenters. The zero-order valence-corrected chi connectivity index (χ0v) is 13.2. The second kappa shape index (κ2) is 8.51. The number of hydrogen-bond acceptors (Lipinski definition) is 4. The summed E-state index contributed by atoms with van der Waals surface area (Å²) in [7, 11) is 4.06. The van der Waals surface area contributed by atoms with Crippen molar-refractivity contribution in [3.8, 4) is 0 Å². The molecule has 0 spiro atoms. The summed E-state index contributed by atoms with van der Waals surface area (Å²) >= 11 is 0. The molecule has 1 saturated heterocycles. The molecule has 0 bridgehead atoms. The zero-order valence-electron chi connectivity index (χ0n) is 13.2. The van der Waals surface area contributed by atoms with Crippen LogP contribution < -0.4 is 10.6 Å². The van der Waals surface area contributed by atoms with Gasteiger partial charge in [0.05, 0.1) is 13.2 Å². The predicted octanol–water partition coefficient (Wildman–Crippen LogP) is 0.599. The highest BCUT2D eigenvalue weighted by Crippen LogP contribution is 2.02. The van der Waals surface area contributed by atoms with Crippen molar-refractivity contribution < 1.29 is 9.53 Å². The summed E-state index contributed by atoms with van der Waals surface area (Å²) in [6.45, 7) is 2.51. The number of nitrogens with one attached hydrogen (secondary N) is 2. The molecule has 6 nitrogen and oxygen atoms in total. The summed E-state index contributed by atoms with van der Waals surface area (Å²) in [5.41, 5.74) is 1.10. The van der Waals surface area contributed by atoms with Crippen molar-refractivity contribution in [3.63, 3.8) is 0 Å². The van der Waals surface area contributed by atoms with E-state index in [1.54, 1.807) is 0 Å². The lowest BCUT2D eigenvalue weighted by atomic mass is 10.2. The average molecular weight is 304 g/mol. The summed E-state index contributed by atoms with van der Waals surface area (Å²) < 4.78 is 5.59. The summed E-state index contributed by atoms with van der Waals surface area (Å²) in [4.78, 5) is 18.3. The SMILES string of the molecule is CN(C)CCCN=C1NC(=O)C(COCc2ccccc2)N1. The van der Waals surface area contributed by atoms with Crippen LogP contribution in [-0.2, 0) is 16.1 Å². The predicted molar refractivity (Wildman–Crippen MR) is 86.6 cm³/mol. The Hall–Kier alpha value is -1.92. The molecule has 6 heteroatoms. The Kier molecular flexibility index (Phi) is 6.36. The van der Waals surface area contributed by atoms with Crippen molar-refractivity contribution in [2.24, 2.45) is 4.99 Å². The molecular formula is C16H24N4O2. The van der Waals surface area contributed by atoms with E-state index in [4.69, 9.17) is 4.74 Å². The van der Waals surface area contributed by atoms with Crippen LogP contribution in [0.2, 0.25) is 0 Å². The molecule has 120 valence electrons. The molecule has 1 aliphatic heterocycles. The van der Waals surface area contributed by atoms with Crippen molar-refractivity contribution >= 4 is 11.9 Å². The number of benzene rings is 1. The van der Waals surface area contributed by atoms with E-state index in [0.29, 0.717) is 25.7 Å². The quantitative estimate of drug-likeness (QED) is 0.690. The Balaban J connectivity index is 1.69. The van der Waals surface area contributed by atoms with Gasteiger partial charge in [-0.05, 0) is 32.6 Å². The lowest BCUT2D eigenvalue weighted by molar-refractivity contribution is -0.121. The van der Waals surface area contributed by atoms with Gasteiger partial charge in [-0.3, -0.25) is 15.1 Å². The number of aliphatic imine (C=N–C) groups is 1. The van der Waals surface area contributed by atoms with Crippen LogP contribution in [0.5, 0.6) is 0 Å². The molecule has 22 heavy (non-hydrogen) atoms. The monoisotopic (exact) mass is 304 g/mol. The fourth-order valence-electron chi connectivity index (χ4n) is 2.12. The Morgan fingerprint density at radius 3 is 2.77 bits per heavy atom. The highest BCUT2D eigenvalue weighted by molar-refractivity contribution is 6.06. The molecule has 1 amide bonds. The van der Waals surface area contributed by atoms with Gasteiger partial charge in [-0.15, -0.1) is 0 Å². The molecule has 0 radical (unpaired) electrons. The average Bonchev–Trinajstić information content (AvgIpc) is 2.85. The molecule has 0 aliphatic carbocycles. The number of carbonyl (C=O) groups is 1. The molecule has 1 aliphatic rings. The molecule has 1 aromatic rings. The number of amides is 1. The summed E-state index contributed by atoms with van der Waals surface area (Å²) in [6.07, 6.45) is 0.962. The topological polar surface area (TPSA) is 66.0 Å². The summed E-state index contributed by atoms with van der Waals surface area (Å²) in [5.74, 6) is 0.469. The molecule has 1 fully saturated rings. The Morgan fingerprint density at radius 2 is 2.05 bits per heavy atom. The van der Waals surface area contributed by atoms with Gasteiger partial charge in [-0.1, -0.05) is 30.3 Å². The second-order valence-electron chi connectivity index (χ2n) is 5.57. The number of nitrogens with zero attached hydrogens (tertiary/aromatic N) is 2. The highest BCUT2D eigenvalue weighted by atomic mass is 16.5. The van der Waals surface area contributed by atoms with Gasteiger partial charge in [0, 0.05) is 6.54 Å². The zero-order chi connectivity index (χ0) is 15.8. The highest BCUT2D eigenvalue weighted by Gasteiger charge is 2.27. The van der Waals surface area contributed by atoms with E-state index in [0.717, 1.165) is 18.5 Å². The molecule has 2 N–H and O–H groups in total. The normalized spacial score (nSPS) is 19.5. The van der Waals surface area contributed by atoms with Crippen molar-refractivity contribution in [2.45, 2.75) is 19.1 Å².